The predicted octanol–water partition coefficient (Wildman–Crippen LogP) is 1.86. The summed E-state index contributed by atoms with van der Waals surface area (Å²) in [6, 6.07) is 2.65. The van der Waals surface area contributed by atoms with E-state index in [-0.39, 0.29) is 13.0 Å². The van der Waals surface area contributed by atoms with Gasteiger partial charge in [0, 0.05) is 13.6 Å². The molecule has 0 saturated carbocycles. The molecule has 19 heavy (non-hydrogen) atoms. The standard InChI is InChI=1S/C11H9F2N3O3/c1-15(4-2-3-14)11(17)7-5-9(13)10(16(18)19)6-8(7)12/h5-6H,2,4H2,1H3. The summed E-state index contributed by atoms with van der Waals surface area (Å²) in [6.45, 7) is 0.0490. The topological polar surface area (TPSA) is 87.2 Å². The maximum atomic E-state index is 13.5. The van der Waals surface area contributed by atoms with Gasteiger partial charge < -0.3 is 4.90 Å². The largest absolute Gasteiger partial charge is 0.341 e. The van der Waals surface area contributed by atoms with E-state index in [4.69, 9.17) is 5.26 Å². The predicted molar refractivity (Wildman–Crippen MR) is 60.2 cm³/mol. The number of hydrogen-bond acceptors (Lipinski definition) is 4. The molecule has 1 rings (SSSR count). The molecule has 6 nitrogen and oxygen atoms in total. The lowest BCUT2D eigenvalue weighted by Gasteiger charge is -2.15. The molecule has 0 saturated heterocycles. The molecule has 0 N–H and O–H groups in total. The second-order valence-corrected chi connectivity index (χ2v) is 3.68. The normalized spacial score (nSPS) is 9.79. The lowest BCUT2D eigenvalue weighted by Crippen LogP contribution is -2.28. The van der Waals surface area contributed by atoms with Crippen LogP contribution in [0.15, 0.2) is 12.1 Å². The Bertz CT molecular complexity index is 569. The molecule has 0 bridgehead atoms. The van der Waals surface area contributed by atoms with Crippen LogP contribution in [0.2, 0.25) is 0 Å². The Balaban J connectivity index is 3.09. The van der Waals surface area contributed by atoms with Crippen molar-refractivity contribution < 1.29 is 18.5 Å². The highest BCUT2D eigenvalue weighted by Gasteiger charge is 2.23. The number of nitro benzene ring substituents is 1. The van der Waals surface area contributed by atoms with Gasteiger partial charge in [0.05, 0.1) is 29.0 Å². The molecule has 0 atom stereocenters. The van der Waals surface area contributed by atoms with Crippen molar-refractivity contribution in [3.8, 4) is 6.07 Å². The number of amides is 1. The summed E-state index contributed by atoms with van der Waals surface area (Å²) in [4.78, 5) is 22.1. The molecule has 0 heterocycles. The smallest absolute Gasteiger partial charge is 0.307 e. The number of nitro groups is 1. The number of carbonyl (C=O) groups excluding carboxylic acids is 1. The van der Waals surface area contributed by atoms with Crippen molar-refractivity contribution in [1.82, 2.24) is 4.90 Å². The number of nitriles is 1. The van der Waals surface area contributed by atoms with E-state index in [1.807, 2.05) is 0 Å². The van der Waals surface area contributed by atoms with Crippen molar-refractivity contribution in [2.75, 3.05) is 13.6 Å². The van der Waals surface area contributed by atoms with Gasteiger partial charge >= 0.3 is 5.69 Å². The third-order valence-corrected chi connectivity index (χ3v) is 2.37. The molecule has 0 fully saturated rings. The Morgan fingerprint density at radius 1 is 1.47 bits per heavy atom. The third kappa shape index (κ3) is 3.22. The van der Waals surface area contributed by atoms with Crippen molar-refractivity contribution >= 4 is 11.6 Å². The second kappa shape index (κ2) is 5.86. The number of carbonyl (C=O) groups is 1. The van der Waals surface area contributed by atoms with E-state index in [2.05, 4.69) is 0 Å². The fourth-order valence-corrected chi connectivity index (χ4v) is 1.37. The number of benzene rings is 1. The minimum atomic E-state index is -1.29. The SMILES string of the molecule is CN(CCC#N)C(=O)c1cc(F)c([N+](=O)[O-])cc1F. The molecule has 0 unspecified atom stereocenters. The van der Waals surface area contributed by atoms with Crippen molar-refractivity contribution in [3.05, 3.63) is 39.4 Å². The first-order chi connectivity index (χ1) is 8.88. The molecule has 0 spiro atoms. The Hall–Kier alpha value is -2.56. The average Bonchev–Trinajstić information content (AvgIpc) is 2.36. The van der Waals surface area contributed by atoms with E-state index < -0.39 is 33.7 Å². The molecule has 1 aromatic rings. The van der Waals surface area contributed by atoms with Crippen LogP contribution in [0.4, 0.5) is 14.5 Å². The maximum absolute atomic E-state index is 13.5. The van der Waals surface area contributed by atoms with Crippen molar-refractivity contribution in [2.45, 2.75) is 6.42 Å². The average molecular weight is 269 g/mol. The fourth-order valence-electron chi connectivity index (χ4n) is 1.37. The quantitative estimate of drug-likeness (QED) is 0.616. The van der Waals surface area contributed by atoms with E-state index >= 15 is 0 Å². The van der Waals surface area contributed by atoms with Gasteiger partial charge in [-0.15, -0.1) is 0 Å². The van der Waals surface area contributed by atoms with Gasteiger partial charge in [-0.1, -0.05) is 0 Å². The molecular formula is C11H9F2N3O3. The Morgan fingerprint density at radius 3 is 2.63 bits per heavy atom. The van der Waals surface area contributed by atoms with E-state index in [0.717, 1.165) is 4.90 Å². The first-order valence-electron chi connectivity index (χ1n) is 5.14. The van der Waals surface area contributed by atoms with E-state index in [1.54, 1.807) is 6.07 Å². The number of rotatable bonds is 4. The first kappa shape index (κ1) is 14.5. The summed E-state index contributed by atoms with van der Waals surface area (Å²) in [5.74, 6) is -3.31. The minimum Gasteiger partial charge on any atom is -0.341 e. The molecule has 1 amide bonds. The summed E-state index contributed by atoms with van der Waals surface area (Å²) >= 11 is 0. The molecule has 0 aliphatic heterocycles. The molecular weight excluding hydrogens is 260 g/mol. The summed E-state index contributed by atoms with van der Waals surface area (Å²) in [6.07, 6.45) is 0.0410. The molecule has 8 heteroatoms. The van der Waals surface area contributed by atoms with Crippen LogP contribution in [-0.4, -0.2) is 29.3 Å². The summed E-state index contributed by atoms with van der Waals surface area (Å²) in [5.41, 5.74) is -1.64. The first-order valence-corrected chi connectivity index (χ1v) is 5.14. The van der Waals surface area contributed by atoms with Crippen LogP contribution in [0.25, 0.3) is 0 Å². The molecule has 0 aromatic heterocycles. The van der Waals surface area contributed by atoms with Gasteiger partial charge in [0.1, 0.15) is 5.82 Å². The van der Waals surface area contributed by atoms with Gasteiger partial charge in [-0.25, -0.2) is 4.39 Å². The second-order valence-electron chi connectivity index (χ2n) is 3.68. The highest BCUT2D eigenvalue weighted by Crippen LogP contribution is 2.22. The fraction of sp³-hybridized carbons (Fsp3) is 0.273. The lowest BCUT2D eigenvalue weighted by molar-refractivity contribution is -0.387. The zero-order valence-corrected chi connectivity index (χ0v) is 9.89. The van der Waals surface area contributed by atoms with Gasteiger partial charge in [-0.05, 0) is 6.07 Å². The summed E-state index contributed by atoms with van der Waals surface area (Å²) < 4.78 is 26.9. The Kier molecular flexibility index (Phi) is 4.47. The number of hydrogen-bond donors (Lipinski definition) is 0. The number of halogens is 2. The van der Waals surface area contributed by atoms with Crippen LogP contribution in [0.5, 0.6) is 0 Å². The van der Waals surface area contributed by atoms with Crippen molar-refractivity contribution in [2.24, 2.45) is 0 Å². The summed E-state index contributed by atoms with van der Waals surface area (Å²) in [5, 5.41) is 18.8. The third-order valence-electron chi connectivity index (χ3n) is 2.37. The molecule has 100 valence electrons. The molecule has 0 radical (unpaired) electrons. The van der Waals surface area contributed by atoms with Gasteiger partial charge in [-0.3, -0.25) is 14.9 Å². The van der Waals surface area contributed by atoms with Crippen LogP contribution in [-0.2, 0) is 0 Å². The van der Waals surface area contributed by atoms with Crippen LogP contribution >= 0.6 is 0 Å². The molecule has 0 aliphatic carbocycles. The van der Waals surface area contributed by atoms with E-state index in [1.165, 1.54) is 7.05 Å². The van der Waals surface area contributed by atoms with E-state index in [9.17, 15) is 23.7 Å². The Morgan fingerprint density at radius 2 is 2.11 bits per heavy atom. The van der Waals surface area contributed by atoms with Crippen LogP contribution in [0.1, 0.15) is 16.8 Å². The highest BCUT2D eigenvalue weighted by atomic mass is 19.1. The van der Waals surface area contributed by atoms with Crippen LogP contribution in [0, 0.1) is 33.1 Å². The lowest BCUT2D eigenvalue weighted by atomic mass is 10.1. The van der Waals surface area contributed by atoms with E-state index in [0.29, 0.717) is 12.1 Å². The van der Waals surface area contributed by atoms with Gasteiger partial charge in [0.15, 0.2) is 0 Å². The van der Waals surface area contributed by atoms with Crippen molar-refractivity contribution in [3.63, 3.8) is 0 Å². The molecule has 0 aliphatic rings. The van der Waals surface area contributed by atoms with Crippen LogP contribution in [0.3, 0.4) is 0 Å². The van der Waals surface area contributed by atoms with Gasteiger partial charge in [-0.2, -0.15) is 9.65 Å². The summed E-state index contributed by atoms with van der Waals surface area (Å²) in [7, 11) is 1.32. The monoisotopic (exact) mass is 269 g/mol. The van der Waals surface area contributed by atoms with Gasteiger partial charge in [0.2, 0.25) is 5.82 Å². The molecule has 1 aromatic carbocycles. The number of nitrogens with zero attached hydrogens (tertiary/aromatic N) is 3. The zero-order valence-electron chi connectivity index (χ0n) is 9.89. The van der Waals surface area contributed by atoms with Crippen molar-refractivity contribution in [1.29, 1.82) is 5.26 Å². The van der Waals surface area contributed by atoms with Crippen LogP contribution < -0.4 is 0 Å². The highest BCUT2D eigenvalue weighted by molar-refractivity contribution is 5.94. The van der Waals surface area contributed by atoms with Gasteiger partial charge in [0.25, 0.3) is 5.91 Å². The maximum Gasteiger partial charge on any atom is 0.307 e. The zero-order chi connectivity index (χ0) is 14.6. The minimum absolute atomic E-state index is 0.0410. The Labute approximate surface area is 107 Å².